The van der Waals surface area contributed by atoms with Crippen LogP contribution in [0.15, 0.2) is 91.3 Å². The standard InChI is InChI=1S/C26H21N7O3/c34-25(19-6-10-21(11-7-19)35-17-14-18-4-2-1-3-5-18)29-20-8-12-22(13-9-20)36-26-23(27-15-16-28-26)24-30-32-33-31-24/h1-13,15-16H,14,17H2,(H,29,34)(H,30,31,32,33). The highest BCUT2D eigenvalue weighted by atomic mass is 16.5. The lowest BCUT2D eigenvalue weighted by atomic mass is 10.2. The smallest absolute Gasteiger partial charge is 0.255 e. The van der Waals surface area contributed by atoms with E-state index in [0.29, 0.717) is 35.1 Å². The van der Waals surface area contributed by atoms with Gasteiger partial charge in [-0.25, -0.2) is 9.97 Å². The summed E-state index contributed by atoms with van der Waals surface area (Å²) in [5, 5.41) is 16.6. The number of benzene rings is 3. The quantitative estimate of drug-likeness (QED) is 0.320. The Balaban J connectivity index is 1.16. The molecule has 0 bridgehead atoms. The van der Waals surface area contributed by atoms with E-state index >= 15 is 0 Å². The van der Waals surface area contributed by atoms with Gasteiger partial charge in [0.1, 0.15) is 11.5 Å². The third-order valence-electron chi connectivity index (χ3n) is 5.17. The molecular formula is C26H21N7O3. The minimum atomic E-state index is -0.229. The molecule has 0 unspecified atom stereocenters. The molecular weight excluding hydrogens is 458 g/mol. The Labute approximate surface area is 206 Å². The summed E-state index contributed by atoms with van der Waals surface area (Å²) in [6, 6.07) is 24.1. The van der Waals surface area contributed by atoms with Crippen molar-refractivity contribution < 1.29 is 14.3 Å². The fourth-order valence-electron chi connectivity index (χ4n) is 3.37. The van der Waals surface area contributed by atoms with E-state index < -0.39 is 0 Å². The van der Waals surface area contributed by atoms with Crippen LogP contribution in [0.25, 0.3) is 11.5 Å². The van der Waals surface area contributed by atoms with Crippen LogP contribution in [0.4, 0.5) is 5.69 Å². The van der Waals surface area contributed by atoms with Gasteiger partial charge in [-0.05, 0) is 59.3 Å². The zero-order chi connectivity index (χ0) is 24.6. The number of tetrazole rings is 1. The fraction of sp³-hybridized carbons (Fsp3) is 0.0769. The Kier molecular flexibility index (Phi) is 6.84. The molecule has 0 aliphatic rings. The van der Waals surface area contributed by atoms with Gasteiger partial charge in [0, 0.05) is 30.1 Å². The first-order valence-electron chi connectivity index (χ1n) is 11.2. The largest absolute Gasteiger partial charge is 0.493 e. The number of H-pyrrole nitrogens is 1. The average Bonchev–Trinajstić information content (AvgIpc) is 3.46. The van der Waals surface area contributed by atoms with Crippen LogP contribution >= 0.6 is 0 Å². The lowest BCUT2D eigenvalue weighted by molar-refractivity contribution is 0.102. The van der Waals surface area contributed by atoms with Crippen molar-refractivity contribution >= 4 is 11.6 Å². The van der Waals surface area contributed by atoms with Gasteiger partial charge in [-0.1, -0.05) is 30.3 Å². The van der Waals surface area contributed by atoms with Crippen LogP contribution in [0.5, 0.6) is 17.4 Å². The first-order chi connectivity index (χ1) is 17.7. The van der Waals surface area contributed by atoms with E-state index in [1.807, 2.05) is 18.2 Å². The fourth-order valence-corrected chi connectivity index (χ4v) is 3.37. The summed E-state index contributed by atoms with van der Waals surface area (Å²) in [5.74, 6) is 1.51. The third kappa shape index (κ3) is 5.68. The molecule has 0 aliphatic heterocycles. The van der Waals surface area contributed by atoms with Crippen molar-refractivity contribution in [2.75, 3.05) is 11.9 Å². The van der Waals surface area contributed by atoms with Gasteiger partial charge in [0.25, 0.3) is 5.91 Å². The van der Waals surface area contributed by atoms with Gasteiger partial charge in [0.2, 0.25) is 11.7 Å². The van der Waals surface area contributed by atoms with Gasteiger partial charge in [0.15, 0.2) is 5.69 Å². The second-order valence-corrected chi connectivity index (χ2v) is 7.63. The Morgan fingerprint density at radius 2 is 1.61 bits per heavy atom. The van der Waals surface area contributed by atoms with Crippen LogP contribution in [0, 0.1) is 0 Å². The molecule has 0 fully saturated rings. The molecule has 10 nitrogen and oxygen atoms in total. The number of rotatable bonds is 9. The molecule has 5 aromatic rings. The van der Waals surface area contributed by atoms with Gasteiger partial charge in [-0.2, -0.15) is 5.21 Å². The summed E-state index contributed by atoms with van der Waals surface area (Å²) in [4.78, 5) is 21.1. The molecule has 0 aliphatic carbocycles. The predicted molar refractivity (Wildman–Crippen MR) is 132 cm³/mol. The molecule has 10 heteroatoms. The maximum absolute atomic E-state index is 12.7. The molecule has 0 atom stereocenters. The van der Waals surface area contributed by atoms with Crippen molar-refractivity contribution in [3.63, 3.8) is 0 Å². The summed E-state index contributed by atoms with van der Waals surface area (Å²) in [6.07, 6.45) is 3.84. The van der Waals surface area contributed by atoms with Crippen LogP contribution in [-0.4, -0.2) is 43.1 Å². The zero-order valence-corrected chi connectivity index (χ0v) is 19.0. The van der Waals surface area contributed by atoms with Crippen molar-refractivity contribution in [2.24, 2.45) is 0 Å². The summed E-state index contributed by atoms with van der Waals surface area (Å²) in [7, 11) is 0. The van der Waals surface area contributed by atoms with E-state index in [1.165, 1.54) is 18.0 Å². The van der Waals surface area contributed by atoms with Crippen molar-refractivity contribution in [1.82, 2.24) is 30.6 Å². The number of aromatic nitrogens is 6. The molecule has 1 amide bonds. The molecule has 2 N–H and O–H groups in total. The number of nitrogens with zero attached hydrogens (tertiary/aromatic N) is 5. The lowest BCUT2D eigenvalue weighted by Crippen LogP contribution is -2.11. The number of anilines is 1. The van der Waals surface area contributed by atoms with Gasteiger partial charge in [-0.3, -0.25) is 4.79 Å². The molecule has 3 aromatic carbocycles. The van der Waals surface area contributed by atoms with Crippen LogP contribution in [0.1, 0.15) is 15.9 Å². The molecule has 0 radical (unpaired) electrons. The molecule has 2 aromatic heterocycles. The number of hydrogen-bond acceptors (Lipinski definition) is 8. The van der Waals surface area contributed by atoms with E-state index in [1.54, 1.807) is 48.5 Å². The Hall–Kier alpha value is -5.12. The zero-order valence-electron chi connectivity index (χ0n) is 19.0. The lowest BCUT2D eigenvalue weighted by Gasteiger charge is -2.10. The monoisotopic (exact) mass is 479 g/mol. The number of amides is 1. The van der Waals surface area contributed by atoms with Gasteiger partial charge < -0.3 is 14.8 Å². The molecule has 36 heavy (non-hydrogen) atoms. The highest BCUT2D eigenvalue weighted by Crippen LogP contribution is 2.27. The number of hydrogen-bond donors (Lipinski definition) is 2. The van der Waals surface area contributed by atoms with E-state index in [4.69, 9.17) is 9.47 Å². The summed E-state index contributed by atoms with van der Waals surface area (Å²) in [5.41, 5.74) is 2.72. The van der Waals surface area contributed by atoms with Crippen molar-refractivity contribution in [2.45, 2.75) is 6.42 Å². The number of carbonyl (C=O) groups is 1. The topological polar surface area (TPSA) is 128 Å². The first kappa shape index (κ1) is 22.7. The van der Waals surface area contributed by atoms with Gasteiger partial charge >= 0.3 is 0 Å². The van der Waals surface area contributed by atoms with Gasteiger partial charge in [0.05, 0.1) is 6.61 Å². The summed E-state index contributed by atoms with van der Waals surface area (Å²) < 4.78 is 11.6. The van der Waals surface area contributed by atoms with Crippen molar-refractivity contribution in [3.05, 3.63) is 102 Å². The second-order valence-electron chi connectivity index (χ2n) is 7.63. The van der Waals surface area contributed by atoms with Crippen LogP contribution < -0.4 is 14.8 Å². The second kappa shape index (κ2) is 10.9. The molecule has 178 valence electrons. The normalized spacial score (nSPS) is 10.6. The maximum atomic E-state index is 12.7. The Morgan fingerprint density at radius 1 is 0.861 bits per heavy atom. The highest BCUT2D eigenvalue weighted by molar-refractivity contribution is 6.04. The molecule has 0 saturated heterocycles. The highest BCUT2D eigenvalue weighted by Gasteiger charge is 2.14. The van der Waals surface area contributed by atoms with Crippen LogP contribution in [0.2, 0.25) is 0 Å². The number of nitrogens with one attached hydrogen (secondary N) is 2. The maximum Gasteiger partial charge on any atom is 0.255 e. The SMILES string of the molecule is O=C(Nc1ccc(Oc2nccnc2-c2nn[nH]n2)cc1)c1ccc(OCCc2ccccc2)cc1. The predicted octanol–water partition coefficient (Wildman–Crippen LogP) is 4.32. The van der Waals surface area contributed by atoms with E-state index in [-0.39, 0.29) is 17.6 Å². The van der Waals surface area contributed by atoms with Crippen LogP contribution in [-0.2, 0) is 6.42 Å². The van der Waals surface area contributed by atoms with Crippen molar-refractivity contribution in [1.29, 1.82) is 0 Å². The molecule has 5 rings (SSSR count). The molecule has 2 heterocycles. The Bertz CT molecular complexity index is 1410. The molecule has 0 saturated carbocycles. The minimum absolute atomic E-state index is 0.229. The average molecular weight is 480 g/mol. The van der Waals surface area contributed by atoms with E-state index in [9.17, 15) is 4.79 Å². The minimum Gasteiger partial charge on any atom is -0.493 e. The number of aromatic amines is 1. The van der Waals surface area contributed by atoms with Crippen molar-refractivity contribution in [3.8, 4) is 28.9 Å². The number of ether oxygens (including phenoxy) is 2. The first-order valence-corrected chi connectivity index (χ1v) is 11.2. The number of carbonyl (C=O) groups excluding carboxylic acids is 1. The van der Waals surface area contributed by atoms with E-state index in [0.717, 1.165) is 6.42 Å². The van der Waals surface area contributed by atoms with Crippen LogP contribution in [0.3, 0.4) is 0 Å². The van der Waals surface area contributed by atoms with E-state index in [2.05, 4.69) is 48.0 Å². The Morgan fingerprint density at radius 3 is 2.36 bits per heavy atom. The van der Waals surface area contributed by atoms with Gasteiger partial charge in [-0.15, -0.1) is 10.2 Å². The third-order valence-corrected chi connectivity index (χ3v) is 5.17. The summed E-state index contributed by atoms with van der Waals surface area (Å²) in [6.45, 7) is 0.565. The molecule has 0 spiro atoms. The summed E-state index contributed by atoms with van der Waals surface area (Å²) >= 11 is 0.